The van der Waals surface area contributed by atoms with Crippen LogP contribution in [0.25, 0.3) is 22.6 Å². The number of hydrogen-bond donors (Lipinski definition) is 2. The highest BCUT2D eigenvalue weighted by atomic mass is 35.5. The van der Waals surface area contributed by atoms with E-state index >= 15 is 0 Å². The van der Waals surface area contributed by atoms with E-state index in [0.717, 1.165) is 92.6 Å². The van der Waals surface area contributed by atoms with Gasteiger partial charge in [-0.1, -0.05) is 17.7 Å². The molecule has 0 bridgehead atoms. The monoisotopic (exact) mass is 516 g/mol. The van der Waals surface area contributed by atoms with E-state index in [1.807, 2.05) is 12.3 Å². The van der Waals surface area contributed by atoms with Gasteiger partial charge in [-0.15, -0.1) is 0 Å². The summed E-state index contributed by atoms with van der Waals surface area (Å²) in [4.78, 5) is 24.6. The molecule has 192 valence electrons. The predicted octanol–water partition coefficient (Wildman–Crippen LogP) is 4.50. The van der Waals surface area contributed by atoms with Crippen LogP contribution in [-0.2, 0) is 6.54 Å². The van der Waals surface area contributed by atoms with E-state index in [4.69, 9.17) is 16.6 Å². The number of halogens is 1. The number of rotatable bonds is 6. The summed E-state index contributed by atoms with van der Waals surface area (Å²) in [7, 11) is 2.17. The van der Waals surface area contributed by atoms with Crippen LogP contribution < -0.4 is 10.2 Å². The molecule has 2 aliphatic heterocycles. The first-order chi connectivity index (χ1) is 18.1. The Kier molecular flexibility index (Phi) is 6.95. The largest absolute Gasteiger partial charge is 0.379 e. The van der Waals surface area contributed by atoms with Crippen molar-refractivity contribution in [2.75, 3.05) is 56.5 Å². The topological polar surface area (TPSA) is 76.2 Å². The highest BCUT2D eigenvalue weighted by Gasteiger charge is 2.21. The Bertz CT molecular complexity index is 1320. The third-order valence-corrected chi connectivity index (χ3v) is 7.81. The first-order valence-corrected chi connectivity index (χ1v) is 13.5. The molecule has 2 N–H and O–H groups in total. The van der Waals surface area contributed by atoms with Gasteiger partial charge in [-0.05, 0) is 69.4 Å². The van der Waals surface area contributed by atoms with Crippen LogP contribution in [0.1, 0.15) is 18.5 Å². The van der Waals surface area contributed by atoms with Gasteiger partial charge in [0.15, 0.2) is 5.65 Å². The molecular formula is C28H33ClN8. The molecule has 4 aromatic rings. The van der Waals surface area contributed by atoms with Crippen molar-refractivity contribution in [2.45, 2.75) is 25.4 Å². The molecule has 5 heterocycles. The van der Waals surface area contributed by atoms with Crippen LogP contribution in [0, 0.1) is 0 Å². The number of imidazole rings is 1. The second-order valence-electron chi connectivity index (χ2n) is 10.1. The molecule has 1 aromatic carbocycles. The number of pyridine rings is 2. The average molecular weight is 517 g/mol. The van der Waals surface area contributed by atoms with Crippen molar-refractivity contribution in [2.24, 2.45) is 0 Å². The molecule has 6 rings (SSSR count). The number of benzene rings is 1. The zero-order chi connectivity index (χ0) is 25.2. The van der Waals surface area contributed by atoms with Crippen molar-refractivity contribution < 1.29 is 0 Å². The molecule has 3 aromatic heterocycles. The summed E-state index contributed by atoms with van der Waals surface area (Å²) in [5.74, 6) is 0.808. The van der Waals surface area contributed by atoms with Gasteiger partial charge in [0.25, 0.3) is 0 Å². The summed E-state index contributed by atoms with van der Waals surface area (Å²) in [6.07, 6.45) is 5.76. The maximum atomic E-state index is 6.57. The molecule has 0 spiro atoms. The molecule has 0 amide bonds. The van der Waals surface area contributed by atoms with Crippen LogP contribution in [0.4, 0.5) is 11.4 Å². The summed E-state index contributed by atoms with van der Waals surface area (Å²) in [5, 5.41) is 4.27. The Labute approximate surface area is 222 Å². The lowest BCUT2D eigenvalue weighted by Gasteiger charge is -2.36. The smallest absolute Gasteiger partial charge is 0.159 e. The van der Waals surface area contributed by atoms with Gasteiger partial charge in [-0.3, -0.25) is 9.88 Å². The SMILES string of the molecule is CN1CCC(Nc2c(Cl)cnc3[nH]c(-c4ccc(N5CCN(Cc6ccccn6)CC5)cc4)nc23)CC1. The van der Waals surface area contributed by atoms with Crippen LogP contribution in [-0.4, -0.2) is 82.1 Å². The summed E-state index contributed by atoms with van der Waals surface area (Å²) in [6, 6.07) is 15.2. The zero-order valence-corrected chi connectivity index (χ0v) is 22.0. The van der Waals surface area contributed by atoms with E-state index in [0.29, 0.717) is 11.1 Å². The molecule has 2 fully saturated rings. The average Bonchev–Trinajstić information content (AvgIpc) is 3.37. The molecule has 0 aliphatic carbocycles. The Morgan fingerprint density at radius 2 is 1.76 bits per heavy atom. The Hall–Kier alpha value is -3.20. The van der Waals surface area contributed by atoms with Crippen molar-refractivity contribution >= 4 is 34.1 Å². The van der Waals surface area contributed by atoms with Crippen LogP contribution in [0.3, 0.4) is 0 Å². The molecule has 37 heavy (non-hydrogen) atoms. The molecule has 2 aliphatic rings. The molecule has 2 saturated heterocycles. The molecule has 0 atom stereocenters. The van der Waals surface area contributed by atoms with E-state index < -0.39 is 0 Å². The number of fused-ring (bicyclic) bond motifs is 1. The zero-order valence-electron chi connectivity index (χ0n) is 21.2. The van der Waals surface area contributed by atoms with Crippen LogP contribution >= 0.6 is 11.6 Å². The van der Waals surface area contributed by atoms with Crippen LogP contribution in [0.15, 0.2) is 54.9 Å². The van der Waals surface area contributed by atoms with Gasteiger partial charge in [-0.2, -0.15) is 0 Å². The summed E-state index contributed by atoms with van der Waals surface area (Å²) >= 11 is 6.57. The van der Waals surface area contributed by atoms with Crippen molar-refractivity contribution in [1.82, 2.24) is 29.7 Å². The number of piperazine rings is 1. The molecular weight excluding hydrogens is 484 g/mol. The lowest BCUT2D eigenvalue weighted by molar-refractivity contribution is 0.247. The summed E-state index contributed by atoms with van der Waals surface area (Å²) < 4.78 is 0. The predicted molar refractivity (Wildman–Crippen MR) is 150 cm³/mol. The number of likely N-dealkylation sites (tertiary alicyclic amines) is 1. The van der Waals surface area contributed by atoms with Gasteiger partial charge in [-0.25, -0.2) is 9.97 Å². The number of H-pyrrole nitrogens is 1. The number of piperidine rings is 1. The van der Waals surface area contributed by atoms with Gasteiger partial charge in [0.2, 0.25) is 0 Å². The van der Waals surface area contributed by atoms with Crippen molar-refractivity contribution in [3.05, 3.63) is 65.6 Å². The van der Waals surface area contributed by atoms with Gasteiger partial charge < -0.3 is 20.1 Å². The Morgan fingerprint density at radius 3 is 2.49 bits per heavy atom. The maximum absolute atomic E-state index is 6.57. The molecule has 0 radical (unpaired) electrons. The minimum atomic E-state index is 0.392. The first-order valence-electron chi connectivity index (χ1n) is 13.1. The fourth-order valence-electron chi connectivity index (χ4n) is 5.28. The Morgan fingerprint density at radius 1 is 0.973 bits per heavy atom. The number of nitrogens with zero attached hydrogens (tertiary/aromatic N) is 6. The first kappa shape index (κ1) is 24.2. The molecule has 9 heteroatoms. The van der Waals surface area contributed by atoms with E-state index in [1.165, 1.54) is 5.69 Å². The normalized spacial score (nSPS) is 17.9. The quantitative estimate of drug-likeness (QED) is 0.390. The lowest BCUT2D eigenvalue weighted by Crippen LogP contribution is -2.46. The number of aromatic nitrogens is 4. The second kappa shape index (κ2) is 10.7. The third-order valence-electron chi connectivity index (χ3n) is 7.52. The van der Waals surface area contributed by atoms with Gasteiger partial charge in [0.1, 0.15) is 11.3 Å². The molecule has 8 nitrogen and oxygen atoms in total. The van der Waals surface area contributed by atoms with E-state index in [-0.39, 0.29) is 0 Å². The van der Waals surface area contributed by atoms with Crippen molar-refractivity contribution in [3.63, 3.8) is 0 Å². The Balaban J connectivity index is 1.13. The maximum Gasteiger partial charge on any atom is 0.159 e. The molecule has 0 unspecified atom stereocenters. The summed E-state index contributed by atoms with van der Waals surface area (Å²) in [5.41, 5.74) is 5.84. The number of aromatic amines is 1. The number of anilines is 2. The summed E-state index contributed by atoms with van der Waals surface area (Å²) in [6.45, 7) is 7.15. The number of nitrogens with one attached hydrogen (secondary N) is 2. The second-order valence-corrected chi connectivity index (χ2v) is 10.5. The highest BCUT2D eigenvalue weighted by molar-refractivity contribution is 6.34. The highest BCUT2D eigenvalue weighted by Crippen LogP contribution is 2.32. The van der Waals surface area contributed by atoms with Crippen molar-refractivity contribution in [1.29, 1.82) is 0 Å². The van der Waals surface area contributed by atoms with E-state index in [1.54, 1.807) is 6.20 Å². The van der Waals surface area contributed by atoms with E-state index in [2.05, 4.69) is 78.4 Å². The molecule has 0 saturated carbocycles. The lowest BCUT2D eigenvalue weighted by atomic mass is 10.1. The number of hydrogen-bond acceptors (Lipinski definition) is 7. The third kappa shape index (κ3) is 5.42. The minimum Gasteiger partial charge on any atom is -0.379 e. The standard InChI is InChI=1S/C28H33ClN8/c1-35-12-9-21(10-13-35)32-25-24(29)18-31-28-26(25)33-27(34-28)20-5-7-23(8-6-20)37-16-14-36(15-17-37)19-22-4-2-3-11-30-22/h2-8,11,18,21H,9-10,12-17,19H2,1H3,(H2,31,32,33,34). The van der Waals surface area contributed by atoms with Crippen LogP contribution in [0.2, 0.25) is 5.02 Å². The van der Waals surface area contributed by atoms with Crippen LogP contribution in [0.5, 0.6) is 0 Å². The fraction of sp³-hybridized carbons (Fsp3) is 0.393. The van der Waals surface area contributed by atoms with Gasteiger partial charge in [0.05, 0.1) is 22.6 Å². The van der Waals surface area contributed by atoms with Gasteiger partial charge in [0, 0.05) is 56.2 Å². The van der Waals surface area contributed by atoms with E-state index in [9.17, 15) is 0 Å². The minimum absolute atomic E-state index is 0.392. The van der Waals surface area contributed by atoms with Gasteiger partial charge >= 0.3 is 0 Å². The van der Waals surface area contributed by atoms with Crippen molar-refractivity contribution in [3.8, 4) is 11.4 Å². The fourth-order valence-corrected chi connectivity index (χ4v) is 5.47.